The van der Waals surface area contributed by atoms with Crippen molar-refractivity contribution in [1.82, 2.24) is 4.98 Å². The highest BCUT2D eigenvalue weighted by molar-refractivity contribution is 5.94. The van der Waals surface area contributed by atoms with Crippen molar-refractivity contribution in [2.75, 3.05) is 5.73 Å². The fourth-order valence-electron chi connectivity index (χ4n) is 1.63. The summed E-state index contributed by atoms with van der Waals surface area (Å²) >= 11 is 0. The van der Waals surface area contributed by atoms with Gasteiger partial charge in [0.2, 0.25) is 0 Å². The van der Waals surface area contributed by atoms with E-state index in [0.29, 0.717) is 11.3 Å². The highest BCUT2D eigenvalue weighted by Crippen LogP contribution is 2.21. The molecule has 1 heterocycles. The van der Waals surface area contributed by atoms with Gasteiger partial charge in [0, 0.05) is 17.4 Å². The lowest BCUT2D eigenvalue weighted by Crippen LogP contribution is -2.04. The van der Waals surface area contributed by atoms with E-state index in [1.807, 2.05) is 6.07 Å². The molecule has 0 aliphatic heterocycles. The van der Waals surface area contributed by atoms with Gasteiger partial charge < -0.3 is 15.6 Å². The lowest BCUT2D eigenvalue weighted by Gasteiger charge is -2.09. The van der Waals surface area contributed by atoms with Gasteiger partial charge in [0.05, 0.1) is 5.56 Å². The van der Waals surface area contributed by atoms with Crippen molar-refractivity contribution in [3.05, 3.63) is 53.3 Å². The van der Waals surface area contributed by atoms with Gasteiger partial charge in [-0.1, -0.05) is 6.07 Å². The lowest BCUT2D eigenvalue weighted by molar-refractivity contribution is 0.0697. The van der Waals surface area contributed by atoms with Crippen LogP contribution >= 0.6 is 0 Å². The van der Waals surface area contributed by atoms with Gasteiger partial charge in [0.1, 0.15) is 24.1 Å². The smallest absolute Gasteiger partial charge is 0.337 e. The summed E-state index contributed by atoms with van der Waals surface area (Å²) in [5.74, 6) is -0.753. The summed E-state index contributed by atoms with van der Waals surface area (Å²) in [6, 6.07) is 9.77. The molecule has 6 heteroatoms. The van der Waals surface area contributed by atoms with Gasteiger partial charge in [-0.25, -0.2) is 9.78 Å². The van der Waals surface area contributed by atoms with Gasteiger partial charge >= 0.3 is 5.97 Å². The first kappa shape index (κ1) is 13.4. The number of benzene rings is 1. The molecular formula is C14H11N3O3. The van der Waals surface area contributed by atoms with Crippen molar-refractivity contribution in [3.8, 4) is 11.8 Å². The Balaban J connectivity index is 2.18. The predicted molar refractivity (Wildman–Crippen MR) is 71.1 cm³/mol. The summed E-state index contributed by atoms with van der Waals surface area (Å²) in [4.78, 5) is 14.9. The van der Waals surface area contributed by atoms with E-state index >= 15 is 0 Å². The van der Waals surface area contributed by atoms with Crippen LogP contribution in [0.3, 0.4) is 0 Å². The van der Waals surface area contributed by atoms with Crippen LogP contribution in [0.25, 0.3) is 0 Å². The Bertz CT molecular complexity index is 692. The summed E-state index contributed by atoms with van der Waals surface area (Å²) in [5.41, 5.74) is 6.61. The maximum Gasteiger partial charge on any atom is 0.337 e. The molecule has 0 saturated heterocycles. The molecule has 3 N–H and O–H groups in total. The van der Waals surface area contributed by atoms with Crippen molar-refractivity contribution in [2.24, 2.45) is 0 Å². The van der Waals surface area contributed by atoms with Crippen molar-refractivity contribution in [1.29, 1.82) is 5.26 Å². The second-order valence-corrected chi connectivity index (χ2v) is 3.97. The zero-order valence-corrected chi connectivity index (χ0v) is 10.4. The summed E-state index contributed by atoms with van der Waals surface area (Å²) in [7, 11) is 0. The van der Waals surface area contributed by atoms with E-state index in [0.717, 1.165) is 0 Å². The van der Waals surface area contributed by atoms with Crippen molar-refractivity contribution >= 4 is 11.7 Å². The summed E-state index contributed by atoms with van der Waals surface area (Å²) < 4.78 is 5.47. The van der Waals surface area contributed by atoms with Crippen LogP contribution in [0.1, 0.15) is 21.6 Å². The number of anilines is 1. The minimum Gasteiger partial charge on any atom is -0.489 e. The minimum atomic E-state index is -1.12. The van der Waals surface area contributed by atoms with E-state index in [1.54, 1.807) is 18.2 Å². The number of pyridine rings is 1. The molecule has 0 radical (unpaired) electrons. The maximum atomic E-state index is 11.0. The number of hydrogen-bond acceptors (Lipinski definition) is 5. The molecule has 0 fully saturated rings. The minimum absolute atomic E-state index is 0.0193. The molecule has 0 bridgehead atoms. The van der Waals surface area contributed by atoms with Crippen LogP contribution in [0.4, 0.5) is 5.69 Å². The molecule has 0 saturated carbocycles. The average Bonchev–Trinajstić information content (AvgIpc) is 2.46. The van der Waals surface area contributed by atoms with Gasteiger partial charge in [-0.3, -0.25) is 0 Å². The number of hydrogen-bond donors (Lipinski definition) is 2. The first-order valence-corrected chi connectivity index (χ1v) is 5.71. The van der Waals surface area contributed by atoms with E-state index in [4.69, 9.17) is 20.8 Å². The van der Waals surface area contributed by atoms with Crippen molar-refractivity contribution < 1.29 is 14.6 Å². The fourth-order valence-corrected chi connectivity index (χ4v) is 1.63. The molecule has 2 aromatic rings. The van der Waals surface area contributed by atoms with Crippen molar-refractivity contribution in [2.45, 2.75) is 6.61 Å². The number of carboxylic acid groups (broad SMARTS) is 1. The lowest BCUT2D eigenvalue weighted by atomic mass is 10.1. The van der Waals surface area contributed by atoms with Crippen LogP contribution in [0.5, 0.6) is 5.75 Å². The molecule has 0 unspecified atom stereocenters. The van der Waals surface area contributed by atoms with E-state index in [2.05, 4.69) is 4.98 Å². The van der Waals surface area contributed by atoms with E-state index in [1.165, 1.54) is 18.3 Å². The van der Waals surface area contributed by atoms with Crippen LogP contribution in [0.2, 0.25) is 0 Å². The standard InChI is InChI=1S/C14H11N3O3/c15-7-13-9(2-1-5-17-13)8-20-10-3-4-12(16)11(6-10)14(18)19/h1-6H,8,16H2,(H,18,19). The summed E-state index contributed by atoms with van der Waals surface area (Å²) in [5, 5.41) is 17.9. The molecule has 0 aliphatic carbocycles. The Morgan fingerprint density at radius 3 is 2.95 bits per heavy atom. The second kappa shape index (κ2) is 5.71. The number of nitrogen functional groups attached to an aromatic ring is 1. The quantitative estimate of drug-likeness (QED) is 0.819. The Kier molecular flexibility index (Phi) is 3.82. The normalized spacial score (nSPS) is 9.75. The molecule has 20 heavy (non-hydrogen) atoms. The van der Waals surface area contributed by atoms with Gasteiger partial charge in [-0.05, 0) is 24.3 Å². The van der Waals surface area contributed by atoms with E-state index < -0.39 is 5.97 Å². The largest absolute Gasteiger partial charge is 0.489 e. The number of nitriles is 1. The number of aromatic nitrogens is 1. The topological polar surface area (TPSA) is 109 Å². The van der Waals surface area contributed by atoms with Crippen LogP contribution in [0.15, 0.2) is 36.5 Å². The first-order valence-electron chi connectivity index (χ1n) is 5.71. The SMILES string of the molecule is N#Cc1ncccc1COc1ccc(N)c(C(=O)O)c1. The van der Waals surface area contributed by atoms with Crippen LogP contribution in [0, 0.1) is 11.3 Å². The molecule has 6 nitrogen and oxygen atoms in total. The van der Waals surface area contributed by atoms with E-state index in [9.17, 15) is 4.79 Å². The average molecular weight is 269 g/mol. The number of aromatic carboxylic acids is 1. The highest BCUT2D eigenvalue weighted by atomic mass is 16.5. The van der Waals surface area contributed by atoms with Gasteiger partial charge in [0.25, 0.3) is 0 Å². The molecule has 100 valence electrons. The number of carboxylic acids is 1. The zero-order chi connectivity index (χ0) is 14.5. The molecule has 1 aromatic heterocycles. The van der Waals surface area contributed by atoms with Crippen LogP contribution in [-0.4, -0.2) is 16.1 Å². The summed E-state index contributed by atoms with van der Waals surface area (Å²) in [6.07, 6.45) is 1.52. The Morgan fingerprint density at radius 2 is 2.25 bits per heavy atom. The number of nitrogens with zero attached hydrogens (tertiary/aromatic N) is 2. The fraction of sp³-hybridized carbons (Fsp3) is 0.0714. The molecule has 0 spiro atoms. The Morgan fingerprint density at radius 1 is 1.45 bits per heavy atom. The molecular weight excluding hydrogens is 258 g/mol. The molecule has 0 aliphatic rings. The predicted octanol–water partition coefficient (Wildman–Crippen LogP) is 1.81. The number of ether oxygens (including phenoxy) is 1. The van der Waals surface area contributed by atoms with Gasteiger partial charge in [0.15, 0.2) is 0 Å². The number of nitrogens with two attached hydrogens (primary N) is 1. The monoisotopic (exact) mass is 269 g/mol. The van der Waals surface area contributed by atoms with E-state index in [-0.39, 0.29) is 23.6 Å². The van der Waals surface area contributed by atoms with Gasteiger partial charge in [-0.15, -0.1) is 0 Å². The van der Waals surface area contributed by atoms with Crippen LogP contribution in [-0.2, 0) is 6.61 Å². The third-order valence-corrected chi connectivity index (χ3v) is 2.65. The van der Waals surface area contributed by atoms with Gasteiger partial charge in [-0.2, -0.15) is 5.26 Å². The highest BCUT2D eigenvalue weighted by Gasteiger charge is 2.10. The third-order valence-electron chi connectivity index (χ3n) is 2.65. The summed E-state index contributed by atoms with van der Waals surface area (Å²) in [6.45, 7) is 0.125. The maximum absolute atomic E-state index is 11.0. The third kappa shape index (κ3) is 2.84. The molecule has 1 aromatic carbocycles. The van der Waals surface area contributed by atoms with Crippen molar-refractivity contribution in [3.63, 3.8) is 0 Å². The second-order valence-electron chi connectivity index (χ2n) is 3.97. The molecule has 2 rings (SSSR count). The Hall–Kier alpha value is -3.07. The first-order chi connectivity index (χ1) is 9.61. The number of carbonyl (C=O) groups is 1. The molecule has 0 amide bonds. The Labute approximate surface area is 115 Å². The number of rotatable bonds is 4. The van der Waals surface area contributed by atoms with Crippen LogP contribution < -0.4 is 10.5 Å². The molecule has 0 atom stereocenters. The zero-order valence-electron chi connectivity index (χ0n) is 10.4.